The van der Waals surface area contributed by atoms with Gasteiger partial charge in [-0.15, -0.1) is 0 Å². The lowest BCUT2D eigenvalue weighted by atomic mass is 10.2. The van der Waals surface area contributed by atoms with Crippen molar-refractivity contribution in [1.29, 1.82) is 0 Å². The maximum atomic E-state index is 12.4. The van der Waals surface area contributed by atoms with E-state index in [1.54, 1.807) is 6.20 Å². The molecule has 2 fully saturated rings. The van der Waals surface area contributed by atoms with Gasteiger partial charge in [0.2, 0.25) is 0 Å². The van der Waals surface area contributed by atoms with E-state index in [1.165, 1.54) is 4.31 Å². The Morgan fingerprint density at radius 2 is 1.88 bits per heavy atom. The van der Waals surface area contributed by atoms with E-state index >= 15 is 0 Å². The van der Waals surface area contributed by atoms with E-state index in [2.05, 4.69) is 26.6 Å². The molecule has 0 amide bonds. The van der Waals surface area contributed by atoms with E-state index in [0.29, 0.717) is 13.1 Å². The quantitative estimate of drug-likeness (QED) is 0.842. The van der Waals surface area contributed by atoms with Crippen molar-refractivity contribution in [2.24, 2.45) is 0 Å². The van der Waals surface area contributed by atoms with E-state index in [1.807, 2.05) is 12.1 Å². The summed E-state index contributed by atoms with van der Waals surface area (Å²) < 4.78 is 29.0. The maximum absolute atomic E-state index is 12.4. The molecule has 2 aliphatic heterocycles. The van der Waals surface area contributed by atoms with Gasteiger partial charge in [0.1, 0.15) is 5.82 Å². The van der Waals surface area contributed by atoms with E-state index in [4.69, 9.17) is 0 Å². The lowest BCUT2D eigenvalue weighted by Crippen LogP contribution is -2.39. The molecule has 3 heterocycles. The first-order valence-corrected chi connectivity index (χ1v) is 10.1. The van der Waals surface area contributed by atoms with Crippen LogP contribution in [0.1, 0.15) is 24.8 Å². The number of rotatable bonds is 5. The average molecular weight is 353 g/mol. The van der Waals surface area contributed by atoms with Gasteiger partial charge in [-0.25, -0.2) is 4.98 Å². The van der Waals surface area contributed by atoms with Crippen molar-refractivity contribution >= 4 is 16.0 Å². The molecular formula is C16H27N5O2S. The Bertz CT molecular complexity index is 646. The number of hydrogen-bond acceptors (Lipinski definition) is 5. The van der Waals surface area contributed by atoms with Crippen molar-refractivity contribution in [2.45, 2.75) is 25.8 Å². The standard InChI is InChI=1S/C16H27N5O2S/c1-19-8-5-9-20(13-12-19)16-15(6-4-7-17-16)14-18-24(22,23)21-10-2-3-11-21/h4,6-7,18H,2-3,5,8-14H2,1H3. The molecule has 0 bridgehead atoms. The first-order valence-electron chi connectivity index (χ1n) is 8.68. The third-order valence-corrected chi connectivity index (χ3v) is 6.29. The summed E-state index contributed by atoms with van der Waals surface area (Å²) >= 11 is 0. The molecule has 2 aliphatic rings. The summed E-state index contributed by atoms with van der Waals surface area (Å²) in [5.74, 6) is 0.900. The highest BCUT2D eigenvalue weighted by atomic mass is 32.2. The lowest BCUT2D eigenvalue weighted by molar-refractivity contribution is 0.360. The van der Waals surface area contributed by atoms with E-state index in [0.717, 1.165) is 56.8 Å². The van der Waals surface area contributed by atoms with Gasteiger partial charge in [0.05, 0.1) is 0 Å². The average Bonchev–Trinajstić information content (AvgIpc) is 3.04. The number of nitrogens with zero attached hydrogens (tertiary/aromatic N) is 4. The summed E-state index contributed by atoms with van der Waals surface area (Å²) in [5.41, 5.74) is 0.935. The number of pyridine rings is 1. The van der Waals surface area contributed by atoms with Gasteiger partial charge in [0, 0.05) is 51.0 Å². The minimum Gasteiger partial charge on any atom is -0.355 e. The van der Waals surface area contributed by atoms with Crippen molar-refractivity contribution in [2.75, 3.05) is 51.2 Å². The highest BCUT2D eigenvalue weighted by Crippen LogP contribution is 2.20. The van der Waals surface area contributed by atoms with Crippen LogP contribution < -0.4 is 9.62 Å². The van der Waals surface area contributed by atoms with Gasteiger partial charge in [-0.2, -0.15) is 17.4 Å². The third-order valence-electron chi connectivity index (χ3n) is 4.74. The van der Waals surface area contributed by atoms with Crippen LogP contribution in [-0.2, 0) is 16.8 Å². The first-order chi connectivity index (χ1) is 11.6. The Morgan fingerprint density at radius 1 is 1.08 bits per heavy atom. The summed E-state index contributed by atoms with van der Waals surface area (Å²) in [7, 11) is -1.26. The second-order valence-electron chi connectivity index (χ2n) is 6.56. The molecule has 0 unspecified atom stereocenters. The van der Waals surface area contributed by atoms with Gasteiger partial charge in [0.25, 0.3) is 10.2 Å². The molecule has 134 valence electrons. The van der Waals surface area contributed by atoms with Gasteiger partial charge >= 0.3 is 0 Å². The van der Waals surface area contributed by atoms with Crippen molar-refractivity contribution in [3.63, 3.8) is 0 Å². The van der Waals surface area contributed by atoms with Crippen LogP contribution >= 0.6 is 0 Å². The molecule has 1 N–H and O–H groups in total. The molecule has 2 saturated heterocycles. The van der Waals surface area contributed by atoms with Crippen LogP contribution in [0.5, 0.6) is 0 Å². The monoisotopic (exact) mass is 353 g/mol. The molecule has 3 rings (SSSR count). The molecule has 1 aromatic rings. The predicted octanol–water partition coefficient (Wildman–Crippen LogP) is 0.654. The van der Waals surface area contributed by atoms with Crippen LogP contribution in [0, 0.1) is 0 Å². The summed E-state index contributed by atoms with van der Waals surface area (Å²) in [5, 5.41) is 0. The molecule has 0 atom stereocenters. The van der Waals surface area contributed by atoms with Crippen molar-refractivity contribution < 1.29 is 8.42 Å². The molecule has 0 radical (unpaired) electrons. The highest BCUT2D eigenvalue weighted by molar-refractivity contribution is 7.87. The second-order valence-corrected chi connectivity index (χ2v) is 8.32. The topological polar surface area (TPSA) is 68.8 Å². The fourth-order valence-corrected chi connectivity index (χ4v) is 4.56. The SMILES string of the molecule is CN1CCCN(c2ncccc2CNS(=O)(=O)N2CCCC2)CC1. The van der Waals surface area contributed by atoms with Crippen molar-refractivity contribution in [1.82, 2.24) is 18.9 Å². The van der Waals surface area contributed by atoms with Crippen LogP contribution in [0.15, 0.2) is 18.3 Å². The Morgan fingerprint density at radius 3 is 2.67 bits per heavy atom. The minimum atomic E-state index is -3.39. The molecule has 0 saturated carbocycles. The van der Waals surface area contributed by atoms with Crippen LogP contribution in [0.2, 0.25) is 0 Å². The summed E-state index contributed by atoms with van der Waals surface area (Å²) in [6.45, 7) is 5.47. The van der Waals surface area contributed by atoms with Crippen LogP contribution in [0.4, 0.5) is 5.82 Å². The van der Waals surface area contributed by atoms with Gasteiger partial charge < -0.3 is 9.80 Å². The summed E-state index contributed by atoms with van der Waals surface area (Å²) in [4.78, 5) is 9.11. The van der Waals surface area contributed by atoms with Gasteiger partial charge in [-0.1, -0.05) is 6.07 Å². The second kappa shape index (κ2) is 7.77. The molecule has 0 spiro atoms. The van der Waals surface area contributed by atoms with Crippen LogP contribution in [0.3, 0.4) is 0 Å². The van der Waals surface area contributed by atoms with Crippen molar-refractivity contribution in [3.8, 4) is 0 Å². The van der Waals surface area contributed by atoms with Gasteiger partial charge in [0.15, 0.2) is 0 Å². The highest BCUT2D eigenvalue weighted by Gasteiger charge is 2.25. The van der Waals surface area contributed by atoms with E-state index < -0.39 is 10.2 Å². The number of hydrogen-bond donors (Lipinski definition) is 1. The number of aromatic nitrogens is 1. The Kier molecular flexibility index (Phi) is 5.70. The Hall–Kier alpha value is -1.22. The minimum absolute atomic E-state index is 0.286. The molecular weight excluding hydrogens is 326 g/mol. The van der Waals surface area contributed by atoms with Gasteiger partial charge in [-0.05, 0) is 38.9 Å². The fourth-order valence-electron chi connectivity index (χ4n) is 3.30. The van der Waals surface area contributed by atoms with Crippen molar-refractivity contribution in [3.05, 3.63) is 23.9 Å². The number of anilines is 1. The third kappa shape index (κ3) is 4.24. The van der Waals surface area contributed by atoms with E-state index in [-0.39, 0.29) is 6.54 Å². The first kappa shape index (κ1) is 17.6. The molecule has 7 nitrogen and oxygen atoms in total. The smallest absolute Gasteiger partial charge is 0.279 e. The number of nitrogens with one attached hydrogen (secondary N) is 1. The Labute approximate surface area is 144 Å². The molecule has 8 heteroatoms. The summed E-state index contributed by atoms with van der Waals surface area (Å²) in [6.07, 6.45) is 4.76. The zero-order valence-electron chi connectivity index (χ0n) is 14.3. The zero-order chi connectivity index (χ0) is 17.0. The van der Waals surface area contributed by atoms with Crippen LogP contribution in [0.25, 0.3) is 0 Å². The number of likely N-dealkylation sites (N-methyl/N-ethyl adjacent to an activating group) is 1. The summed E-state index contributed by atoms with van der Waals surface area (Å²) in [6, 6.07) is 3.83. The molecule has 0 aliphatic carbocycles. The maximum Gasteiger partial charge on any atom is 0.279 e. The zero-order valence-corrected chi connectivity index (χ0v) is 15.1. The van der Waals surface area contributed by atoms with Crippen LogP contribution in [-0.4, -0.2) is 68.9 Å². The normalized spacial score (nSPS) is 21.1. The lowest BCUT2D eigenvalue weighted by Gasteiger charge is -2.24. The largest absolute Gasteiger partial charge is 0.355 e. The molecule has 0 aromatic carbocycles. The predicted molar refractivity (Wildman–Crippen MR) is 95.1 cm³/mol. The molecule has 24 heavy (non-hydrogen) atoms. The van der Waals surface area contributed by atoms with Gasteiger partial charge in [-0.3, -0.25) is 0 Å². The van der Waals surface area contributed by atoms with E-state index in [9.17, 15) is 8.42 Å². The Balaban J connectivity index is 1.70. The fraction of sp³-hybridized carbons (Fsp3) is 0.688. The molecule has 1 aromatic heterocycles.